The highest BCUT2D eigenvalue weighted by Crippen LogP contribution is 2.34. The summed E-state index contributed by atoms with van der Waals surface area (Å²) < 4.78 is 13.2. The van der Waals surface area contributed by atoms with Crippen molar-refractivity contribution in [3.8, 4) is 10.6 Å². The lowest BCUT2D eigenvalue weighted by molar-refractivity contribution is 0.0209. The first kappa shape index (κ1) is 17.4. The van der Waals surface area contributed by atoms with Crippen molar-refractivity contribution >= 4 is 11.3 Å². The van der Waals surface area contributed by atoms with Crippen LogP contribution in [0.4, 0.5) is 4.39 Å². The molecule has 4 nitrogen and oxygen atoms in total. The maximum Gasteiger partial charge on any atom is 0.123 e. The third kappa shape index (κ3) is 3.58. The minimum Gasteiger partial charge on any atom is -0.385 e. The number of aromatic amines is 1. The highest BCUT2D eigenvalue weighted by Gasteiger charge is 2.32. The average molecular weight is 371 g/mol. The standard InChI is InChI=1S/C20H22FN3OS/c21-17-6-4-16(5-7-17)20(25)8-2-10-24(11-9-20)14-15-13-22-23-19(15)18-3-1-12-26-18/h1,3-7,12-13,25H,2,8-11,14H2,(H,22,23)/t20-/m0/s1. The van der Waals surface area contributed by atoms with E-state index < -0.39 is 5.60 Å². The maximum atomic E-state index is 13.2. The molecule has 4 rings (SSSR count). The Hall–Kier alpha value is -2.02. The summed E-state index contributed by atoms with van der Waals surface area (Å²) >= 11 is 1.70. The number of aliphatic hydroxyl groups is 1. The number of rotatable bonds is 4. The van der Waals surface area contributed by atoms with Gasteiger partial charge in [0.15, 0.2) is 0 Å². The minimum atomic E-state index is -0.880. The molecule has 136 valence electrons. The molecule has 26 heavy (non-hydrogen) atoms. The van der Waals surface area contributed by atoms with Gasteiger partial charge < -0.3 is 5.11 Å². The van der Waals surface area contributed by atoms with Crippen molar-refractivity contribution in [1.82, 2.24) is 15.1 Å². The van der Waals surface area contributed by atoms with E-state index in [0.717, 1.165) is 37.3 Å². The summed E-state index contributed by atoms with van der Waals surface area (Å²) in [5, 5.41) is 20.5. The summed E-state index contributed by atoms with van der Waals surface area (Å²) in [7, 11) is 0. The quantitative estimate of drug-likeness (QED) is 0.724. The highest BCUT2D eigenvalue weighted by molar-refractivity contribution is 7.13. The first-order valence-electron chi connectivity index (χ1n) is 8.91. The van der Waals surface area contributed by atoms with Gasteiger partial charge in [-0.25, -0.2) is 4.39 Å². The third-order valence-electron chi connectivity index (χ3n) is 5.17. The van der Waals surface area contributed by atoms with Crippen LogP contribution in [0.3, 0.4) is 0 Å². The molecule has 1 atom stereocenters. The molecular weight excluding hydrogens is 349 g/mol. The Morgan fingerprint density at radius 3 is 2.81 bits per heavy atom. The highest BCUT2D eigenvalue weighted by atomic mass is 32.1. The first-order chi connectivity index (χ1) is 12.6. The van der Waals surface area contributed by atoms with Gasteiger partial charge in [0.2, 0.25) is 0 Å². The molecule has 0 unspecified atom stereocenters. The smallest absolute Gasteiger partial charge is 0.123 e. The Morgan fingerprint density at radius 2 is 2.04 bits per heavy atom. The van der Waals surface area contributed by atoms with Crippen molar-refractivity contribution in [2.24, 2.45) is 0 Å². The number of hydrogen-bond donors (Lipinski definition) is 2. The molecule has 6 heteroatoms. The molecule has 3 aromatic rings. The fourth-order valence-electron chi connectivity index (χ4n) is 3.69. The van der Waals surface area contributed by atoms with Gasteiger partial charge in [-0.2, -0.15) is 5.10 Å². The predicted molar refractivity (Wildman–Crippen MR) is 101 cm³/mol. The van der Waals surface area contributed by atoms with Gasteiger partial charge in [-0.05, 0) is 54.9 Å². The summed E-state index contributed by atoms with van der Waals surface area (Å²) in [5.74, 6) is -0.270. The number of aromatic nitrogens is 2. The van der Waals surface area contributed by atoms with E-state index in [1.54, 1.807) is 23.5 Å². The molecule has 3 heterocycles. The zero-order valence-corrected chi connectivity index (χ0v) is 15.3. The Morgan fingerprint density at radius 1 is 1.19 bits per heavy atom. The van der Waals surface area contributed by atoms with E-state index in [1.165, 1.54) is 22.6 Å². The Balaban J connectivity index is 1.46. The normalized spacial score (nSPS) is 21.6. The van der Waals surface area contributed by atoms with Crippen molar-refractivity contribution < 1.29 is 9.50 Å². The molecule has 1 saturated heterocycles. The van der Waals surface area contributed by atoms with Crippen LogP contribution in [0.25, 0.3) is 10.6 Å². The number of nitrogens with one attached hydrogen (secondary N) is 1. The number of nitrogens with zero attached hydrogens (tertiary/aromatic N) is 2. The van der Waals surface area contributed by atoms with Crippen LogP contribution in [-0.2, 0) is 12.1 Å². The molecule has 0 radical (unpaired) electrons. The SMILES string of the molecule is O[C@@]1(c2ccc(F)cc2)CCCN(Cc2cn[nH]c2-c2cccs2)CC1. The van der Waals surface area contributed by atoms with E-state index in [1.807, 2.05) is 12.3 Å². The Kier molecular flexibility index (Phi) is 4.89. The zero-order chi connectivity index (χ0) is 18.0. The van der Waals surface area contributed by atoms with E-state index >= 15 is 0 Å². The largest absolute Gasteiger partial charge is 0.385 e. The van der Waals surface area contributed by atoms with Gasteiger partial charge in [0, 0.05) is 18.7 Å². The number of thiophene rings is 1. The predicted octanol–water partition coefficient (Wildman–Crippen LogP) is 4.15. The van der Waals surface area contributed by atoms with Crippen molar-refractivity contribution in [1.29, 1.82) is 0 Å². The molecule has 0 spiro atoms. The molecule has 1 aliphatic heterocycles. The summed E-state index contributed by atoms with van der Waals surface area (Å²) in [6.07, 6.45) is 4.13. The fourth-order valence-corrected chi connectivity index (χ4v) is 4.44. The number of likely N-dealkylation sites (tertiary alicyclic amines) is 1. The van der Waals surface area contributed by atoms with Crippen LogP contribution in [0.5, 0.6) is 0 Å². The van der Waals surface area contributed by atoms with Gasteiger partial charge in [-0.1, -0.05) is 18.2 Å². The molecule has 1 fully saturated rings. The van der Waals surface area contributed by atoms with Crippen molar-refractivity contribution in [2.45, 2.75) is 31.4 Å². The van der Waals surface area contributed by atoms with Crippen LogP contribution in [-0.4, -0.2) is 33.3 Å². The van der Waals surface area contributed by atoms with Gasteiger partial charge >= 0.3 is 0 Å². The second-order valence-electron chi connectivity index (χ2n) is 6.92. The molecule has 0 bridgehead atoms. The van der Waals surface area contributed by atoms with Crippen LogP contribution in [0.1, 0.15) is 30.4 Å². The molecule has 1 aromatic carbocycles. The maximum absolute atomic E-state index is 13.2. The summed E-state index contributed by atoms with van der Waals surface area (Å²) in [4.78, 5) is 3.55. The van der Waals surface area contributed by atoms with Gasteiger partial charge in [0.1, 0.15) is 5.82 Å². The van der Waals surface area contributed by atoms with Gasteiger partial charge in [-0.15, -0.1) is 11.3 Å². The van der Waals surface area contributed by atoms with Crippen molar-refractivity contribution in [2.75, 3.05) is 13.1 Å². The van der Waals surface area contributed by atoms with Crippen LogP contribution >= 0.6 is 11.3 Å². The van der Waals surface area contributed by atoms with Gasteiger partial charge in [-0.3, -0.25) is 10.00 Å². The van der Waals surface area contributed by atoms with E-state index in [0.29, 0.717) is 12.8 Å². The lowest BCUT2D eigenvalue weighted by Crippen LogP contribution is -2.29. The molecule has 2 aromatic heterocycles. The Labute approximate surface area is 156 Å². The lowest BCUT2D eigenvalue weighted by atomic mass is 9.87. The third-order valence-corrected chi connectivity index (χ3v) is 6.05. The van der Waals surface area contributed by atoms with E-state index in [2.05, 4.69) is 26.5 Å². The molecule has 0 amide bonds. The minimum absolute atomic E-state index is 0.270. The van der Waals surface area contributed by atoms with Crippen LogP contribution in [0, 0.1) is 5.82 Å². The van der Waals surface area contributed by atoms with Crippen LogP contribution in [0.2, 0.25) is 0 Å². The molecule has 2 N–H and O–H groups in total. The topological polar surface area (TPSA) is 52.1 Å². The summed E-state index contributed by atoms with van der Waals surface area (Å²) in [5.41, 5.74) is 2.19. The summed E-state index contributed by atoms with van der Waals surface area (Å²) in [6.45, 7) is 2.53. The van der Waals surface area contributed by atoms with Crippen LogP contribution in [0.15, 0.2) is 48.0 Å². The lowest BCUT2D eigenvalue weighted by Gasteiger charge is -2.27. The van der Waals surface area contributed by atoms with Gasteiger partial charge in [0.25, 0.3) is 0 Å². The average Bonchev–Trinajstić information content (AvgIpc) is 3.27. The molecule has 0 saturated carbocycles. The van der Waals surface area contributed by atoms with E-state index in [-0.39, 0.29) is 5.82 Å². The number of halogens is 1. The van der Waals surface area contributed by atoms with E-state index in [9.17, 15) is 9.50 Å². The Bertz CT molecular complexity index is 846. The molecule has 0 aliphatic carbocycles. The number of H-pyrrole nitrogens is 1. The second-order valence-corrected chi connectivity index (χ2v) is 7.86. The van der Waals surface area contributed by atoms with Crippen molar-refractivity contribution in [3.63, 3.8) is 0 Å². The van der Waals surface area contributed by atoms with Crippen molar-refractivity contribution in [3.05, 3.63) is 64.9 Å². The van der Waals surface area contributed by atoms with Gasteiger partial charge in [0.05, 0.1) is 22.4 Å². The zero-order valence-electron chi connectivity index (χ0n) is 14.5. The second kappa shape index (κ2) is 7.31. The monoisotopic (exact) mass is 371 g/mol. The number of hydrogen-bond acceptors (Lipinski definition) is 4. The van der Waals surface area contributed by atoms with Crippen LogP contribution < -0.4 is 0 Å². The summed E-state index contributed by atoms with van der Waals surface area (Å²) in [6, 6.07) is 10.4. The first-order valence-corrected chi connectivity index (χ1v) is 9.79. The molecular formula is C20H22FN3OS. The van der Waals surface area contributed by atoms with E-state index in [4.69, 9.17) is 0 Å². The molecule has 1 aliphatic rings. The fraction of sp³-hybridized carbons (Fsp3) is 0.350. The number of benzene rings is 1.